The summed E-state index contributed by atoms with van der Waals surface area (Å²) in [6.45, 7) is 5.49. The van der Waals surface area contributed by atoms with Gasteiger partial charge in [0, 0.05) is 6.04 Å². The van der Waals surface area contributed by atoms with Crippen molar-refractivity contribution in [1.82, 2.24) is 15.5 Å². The first-order valence-corrected chi connectivity index (χ1v) is 11.1. The van der Waals surface area contributed by atoms with Crippen LogP contribution in [0.1, 0.15) is 55.6 Å². The number of ether oxygens (including phenoxy) is 1. The molecule has 3 aromatic rings. The van der Waals surface area contributed by atoms with Gasteiger partial charge >= 0.3 is 5.97 Å². The number of pyridine rings is 1. The van der Waals surface area contributed by atoms with Gasteiger partial charge in [0.1, 0.15) is 0 Å². The Hall–Kier alpha value is -2.74. The number of thiophene rings is 1. The lowest BCUT2D eigenvalue weighted by molar-refractivity contribution is -0.130. The van der Waals surface area contributed by atoms with E-state index in [0.717, 1.165) is 24.1 Å². The Balaban J connectivity index is 1.55. The van der Waals surface area contributed by atoms with Crippen LogP contribution in [-0.2, 0) is 9.53 Å². The number of rotatable bonds is 5. The summed E-state index contributed by atoms with van der Waals surface area (Å²) in [4.78, 5) is 31.0. The third-order valence-electron chi connectivity index (χ3n) is 5.70. The molecule has 0 radical (unpaired) electrons. The molecule has 3 aromatic heterocycles. The van der Waals surface area contributed by atoms with E-state index in [0.29, 0.717) is 28.3 Å². The number of fused-ring (bicyclic) bond motifs is 1. The van der Waals surface area contributed by atoms with Gasteiger partial charge in [-0.2, -0.15) is 0 Å². The highest BCUT2D eigenvalue weighted by molar-refractivity contribution is 7.13. The van der Waals surface area contributed by atoms with Crippen LogP contribution in [0.4, 0.5) is 0 Å². The van der Waals surface area contributed by atoms with Crippen LogP contribution in [0.3, 0.4) is 0 Å². The van der Waals surface area contributed by atoms with Gasteiger partial charge in [0.15, 0.2) is 6.10 Å². The summed E-state index contributed by atoms with van der Waals surface area (Å²) >= 11 is 1.51. The van der Waals surface area contributed by atoms with Crippen LogP contribution in [-0.4, -0.2) is 34.2 Å². The zero-order chi connectivity index (χ0) is 21.3. The van der Waals surface area contributed by atoms with Crippen molar-refractivity contribution < 1.29 is 18.8 Å². The molecule has 8 heteroatoms. The van der Waals surface area contributed by atoms with Gasteiger partial charge in [0.25, 0.3) is 11.6 Å². The largest absolute Gasteiger partial charge is 0.449 e. The molecule has 0 aromatic carbocycles. The lowest BCUT2D eigenvalue weighted by Gasteiger charge is -2.30. The second kappa shape index (κ2) is 8.55. The first-order valence-electron chi connectivity index (χ1n) is 10.3. The van der Waals surface area contributed by atoms with E-state index < -0.39 is 12.1 Å². The molecule has 0 bridgehead atoms. The summed E-state index contributed by atoms with van der Waals surface area (Å²) in [6.07, 6.45) is 3.46. The van der Waals surface area contributed by atoms with Gasteiger partial charge in [-0.05, 0) is 50.1 Å². The maximum absolute atomic E-state index is 13.0. The lowest BCUT2D eigenvalue weighted by atomic mass is 9.86. The number of nitrogens with one attached hydrogen (secondary N) is 1. The molecule has 3 unspecified atom stereocenters. The van der Waals surface area contributed by atoms with Gasteiger partial charge in [-0.25, -0.2) is 9.78 Å². The van der Waals surface area contributed by atoms with Crippen LogP contribution < -0.4 is 5.32 Å². The Morgan fingerprint density at radius 1 is 1.33 bits per heavy atom. The molecule has 7 nitrogen and oxygen atoms in total. The second-order valence-corrected chi connectivity index (χ2v) is 8.85. The average Bonchev–Trinajstić information content (AvgIpc) is 3.39. The van der Waals surface area contributed by atoms with Gasteiger partial charge in [0.2, 0.25) is 0 Å². The Bertz CT molecular complexity index is 1060. The van der Waals surface area contributed by atoms with E-state index in [-0.39, 0.29) is 17.7 Å². The van der Waals surface area contributed by atoms with Crippen LogP contribution >= 0.6 is 11.3 Å². The van der Waals surface area contributed by atoms with Crippen LogP contribution in [0.5, 0.6) is 0 Å². The highest BCUT2D eigenvalue weighted by Gasteiger charge is 2.28. The summed E-state index contributed by atoms with van der Waals surface area (Å²) in [7, 11) is 0. The molecule has 0 saturated heterocycles. The highest BCUT2D eigenvalue weighted by Crippen LogP contribution is 2.30. The van der Waals surface area contributed by atoms with E-state index in [1.165, 1.54) is 17.8 Å². The van der Waals surface area contributed by atoms with Crippen molar-refractivity contribution in [2.45, 2.75) is 58.6 Å². The number of carbonyl (C=O) groups is 2. The lowest BCUT2D eigenvalue weighted by Crippen LogP contribution is -2.46. The third-order valence-corrected chi connectivity index (χ3v) is 6.60. The summed E-state index contributed by atoms with van der Waals surface area (Å²) in [5.41, 5.74) is 1.73. The molecular formula is C22H25N3O4S. The van der Waals surface area contributed by atoms with Gasteiger partial charge in [0.05, 0.1) is 27.2 Å². The zero-order valence-corrected chi connectivity index (χ0v) is 18.1. The number of hydrogen-bond acceptors (Lipinski definition) is 7. The van der Waals surface area contributed by atoms with Gasteiger partial charge < -0.3 is 14.6 Å². The van der Waals surface area contributed by atoms with Crippen LogP contribution in [0.2, 0.25) is 0 Å². The molecule has 0 aliphatic heterocycles. The van der Waals surface area contributed by atoms with Crippen molar-refractivity contribution in [2.24, 2.45) is 5.92 Å². The van der Waals surface area contributed by atoms with E-state index in [9.17, 15) is 9.59 Å². The van der Waals surface area contributed by atoms with Crippen molar-refractivity contribution in [3.05, 3.63) is 34.8 Å². The molecular weight excluding hydrogens is 402 g/mol. The molecule has 1 fully saturated rings. The molecule has 4 rings (SSSR count). The first kappa shape index (κ1) is 20.5. The minimum absolute atomic E-state index is 0.130. The summed E-state index contributed by atoms with van der Waals surface area (Å²) < 4.78 is 10.8. The minimum atomic E-state index is -0.903. The molecule has 3 heterocycles. The summed E-state index contributed by atoms with van der Waals surface area (Å²) in [6, 6.07) is 5.63. The normalized spacial score (nSPS) is 20.1. The van der Waals surface area contributed by atoms with Crippen LogP contribution in [0, 0.1) is 12.8 Å². The maximum atomic E-state index is 13.0. The number of esters is 1. The summed E-state index contributed by atoms with van der Waals surface area (Å²) in [5, 5.41) is 9.43. The fraction of sp³-hybridized carbons (Fsp3) is 0.455. The van der Waals surface area contributed by atoms with Crippen molar-refractivity contribution in [1.29, 1.82) is 0 Å². The van der Waals surface area contributed by atoms with Gasteiger partial charge in [-0.15, -0.1) is 11.3 Å². The fourth-order valence-corrected chi connectivity index (χ4v) is 4.60. The number of carbonyl (C=O) groups excluding carboxylic acids is 2. The van der Waals surface area contributed by atoms with E-state index >= 15 is 0 Å². The van der Waals surface area contributed by atoms with Gasteiger partial charge in [-0.1, -0.05) is 31.0 Å². The Labute approximate surface area is 178 Å². The molecule has 1 aliphatic carbocycles. The monoisotopic (exact) mass is 427 g/mol. The maximum Gasteiger partial charge on any atom is 0.339 e. The molecule has 0 spiro atoms. The molecule has 158 valence electrons. The van der Waals surface area contributed by atoms with E-state index in [4.69, 9.17) is 9.26 Å². The van der Waals surface area contributed by atoms with Crippen LogP contribution in [0.15, 0.2) is 28.1 Å². The van der Waals surface area contributed by atoms with Gasteiger partial charge in [-0.3, -0.25) is 4.79 Å². The Morgan fingerprint density at radius 2 is 2.13 bits per heavy atom. The van der Waals surface area contributed by atoms with Crippen LogP contribution in [0.25, 0.3) is 21.7 Å². The third kappa shape index (κ3) is 4.09. The standard InChI is InChI=1S/C22H25N3O4S/c1-12-7-4-5-8-16(12)23-20(26)14(3)28-22(27)15-11-17(18-9-6-10-30-18)24-21-19(15)13(2)25-29-21/h6,9-12,14,16H,4-5,7-8H2,1-3H3,(H,23,26). The second-order valence-electron chi connectivity index (χ2n) is 7.90. The molecule has 3 atom stereocenters. The Kier molecular flexibility index (Phi) is 5.85. The first-order chi connectivity index (χ1) is 14.4. The fourth-order valence-electron chi connectivity index (χ4n) is 3.91. The quantitative estimate of drug-likeness (QED) is 0.603. The topological polar surface area (TPSA) is 94.3 Å². The number of aromatic nitrogens is 2. The molecule has 1 N–H and O–H groups in total. The van der Waals surface area contributed by atoms with Crippen molar-refractivity contribution in [3.63, 3.8) is 0 Å². The summed E-state index contributed by atoms with van der Waals surface area (Å²) in [5.74, 6) is -0.433. The SMILES string of the molecule is Cc1noc2nc(-c3cccs3)cc(C(=O)OC(C)C(=O)NC3CCCCC3C)c12. The molecule has 30 heavy (non-hydrogen) atoms. The predicted octanol–water partition coefficient (Wildman–Crippen LogP) is 4.50. The van der Waals surface area contributed by atoms with Crippen molar-refractivity contribution in [2.75, 3.05) is 0 Å². The predicted molar refractivity (Wildman–Crippen MR) is 114 cm³/mol. The van der Waals surface area contributed by atoms with E-state index in [2.05, 4.69) is 22.4 Å². The zero-order valence-electron chi connectivity index (χ0n) is 17.3. The smallest absolute Gasteiger partial charge is 0.339 e. The molecule has 1 saturated carbocycles. The molecule has 1 aliphatic rings. The average molecular weight is 428 g/mol. The highest BCUT2D eigenvalue weighted by atomic mass is 32.1. The van der Waals surface area contributed by atoms with Crippen molar-refractivity contribution >= 4 is 34.3 Å². The number of hydrogen-bond donors (Lipinski definition) is 1. The van der Waals surface area contributed by atoms with E-state index in [1.807, 2.05) is 17.5 Å². The number of amides is 1. The molecule has 1 amide bonds. The Morgan fingerprint density at radius 3 is 2.87 bits per heavy atom. The van der Waals surface area contributed by atoms with Crippen molar-refractivity contribution in [3.8, 4) is 10.6 Å². The number of aryl methyl sites for hydroxylation is 1. The van der Waals surface area contributed by atoms with E-state index in [1.54, 1.807) is 19.9 Å². The minimum Gasteiger partial charge on any atom is -0.449 e. The number of nitrogens with zero attached hydrogens (tertiary/aromatic N) is 2.